The molecule has 3 nitrogen and oxygen atoms in total. The van der Waals surface area contributed by atoms with E-state index in [0.29, 0.717) is 11.5 Å². The summed E-state index contributed by atoms with van der Waals surface area (Å²) in [4.78, 5) is 11.0. The predicted molar refractivity (Wildman–Crippen MR) is 61.5 cm³/mol. The molecule has 0 radical (unpaired) electrons. The number of hydrogen-bond acceptors (Lipinski definition) is 2. The second-order valence-corrected chi connectivity index (χ2v) is 4.08. The van der Waals surface area contributed by atoms with Crippen molar-refractivity contribution < 1.29 is 9.90 Å². The highest BCUT2D eigenvalue weighted by atomic mass is 16.4. The third kappa shape index (κ3) is 2.98. The smallest absolute Gasteiger partial charge is 0.337 e. The summed E-state index contributed by atoms with van der Waals surface area (Å²) in [5.41, 5.74) is 2.05. The highest BCUT2D eigenvalue weighted by Crippen LogP contribution is 2.20. The van der Waals surface area contributed by atoms with E-state index in [-0.39, 0.29) is 0 Å². The first kappa shape index (κ1) is 11.6. The predicted octanol–water partition coefficient (Wildman–Crippen LogP) is 2.76. The summed E-state index contributed by atoms with van der Waals surface area (Å²) in [6, 6.07) is 5.30. The van der Waals surface area contributed by atoms with E-state index in [1.165, 1.54) is 0 Å². The van der Waals surface area contributed by atoms with Crippen molar-refractivity contribution in [2.24, 2.45) is 5.92 Å². The Bertz CT molecular complexity index is 359. The van der Waals surface area contributed by atoms with Crippen molar-refractivity contribution in [3.05, 3.63) is 29.3 Å². The van der Waals surface area contributed by atoms with E-state index in [1.807, 2.05) is 13.0 Å². The van der Waals surface area contributed by atoms with E-state index < -0.39 is 5.97 Å². The van der Waals surface area contributed by atoms with Gasteiger partial charge in [0.15, 0.2) is 0 Å². The van der Waals surface area contributed by atoms with E-state index in [9.17, 15) is 4.79 Å². The van der Waals surface area contributed by atoms with Gasteiger partial charge in [0, 0.05) is 6.54 Å². The van der Waals surface area contributed by atoms with Crippen LogP contribution in [0.2, 0.25) is 0 Å². The Hall–Kier alpha value is -1.51. The maximum atomic E-state index is 11.0. The number of benzene rings is 1. The van der Waals surface area contributed by atoms with Gasteiger partial charge < -0.3 is 10.4 Å². The van der Waals surface area contributed by atoms with Crippen molar-refractivity contribution in [3.8, 4) is 0 Å². The maximum absolute atomic E-state index is 11.0. The molecule has 82 valence electrons. The lowest BCUT2D eigenvalue weighted by molar-refractivity contribution is 0.0698. The Morgan fingerprint density at radius 1 is 1.47 bits per heavy atom. The highest BCUT2D eigenvalue weighted by Gasteiger charge is 2.11. The average molecular weight is 207 g/mol. The Balaban J connectivity index is 2.97. The van der Waals surface area contributed by atoms with Gasteiger partial charge in [0.2, 0.25) is 0 Å². The molecule has 0 heterocycles. The molecule has 0 aliphatic rings. The van der Waals surface area contributed by atoms with Gasteiger partial charge in [-0.05, 0) is 24.5 Å². The van der Waals surface area contributed by atoms with Gasteiger partial charge in [-0.15, -0.1) is 0 Å². The van der Waals surface area contributed by atoms with Gasteiger partial charge in [-0.25, -0.2) is 4.79 Å². The normalized spacial score (nSPS) is 10.4. The molecule has 15 heavy (non-hydrogen) atoms. The SMILES string of the molecule is Cc1cccc(C(=O)O)c1NCC(C)C. The van der Waals surface area contributed by atoms with Crippen LogP contribution in [0.4, 0.5) is 5.69 Å². The van der Waals surface area contributed by atoms with Gasteiger partial charge in [-0.3, -0.25) is 0 Å². The Morgan fingerprint density at radius 3 is 2.67 bits per heavy atom. The molecular formula is C12H17NO2. The molecule has 0 atom stereocenters. The largest absolute Gasteiger partial charge is 0.478 e. The number of aromatic carboxylic acids is 1. The molecule has 0 saturated heterocycles. The van der Waals surface area contributed by atoms with E-state index in [1.54, 1.807) is 12.1 Å². The lowest BCUT2D eigenvalue weighted by atomic mass is 10.1. The van der Waals surface area contributed by atoms with Crippen LogP contribution in [0, 0.1) is 12.8 Å². The van der Waals surface area contributed by atoms with Gasteiger partial charge in [-0.1, -0.05) is 26.0 Å². The van der Waals surface area contributed by atoms with Crippen LogP contribution in [0.3, 0.4) is 0 Å². The fraction of sp³-hybridized carbons (Fsp3) is 0.417. The zero-order valence-electron chi connectivity index (χ0n) is 9.37. The lowest BCUT2D eigenvalue weighted by Gasteiger charge is -2.14. The first-order valence-electron chi connectivity index (χ1n) is 5.09. The second-order valence-electron chi connectivity index (χ2n) is 4.08. The molecule has 2 N–H and O–H groups in total. The van der Waals surface area contributed by atoms with Crippen molar-refractivity contribution >= 4 is 11.7 Å². The molecule has 1 rings (SSSR count). The van der Waals surface area contributed by atoms with Crippen molar-refractivity contribution in [1.29, 1.82) is 0 Å². The number of anilines is 1. The monoisotopic (exact) mass is 207 g/mol. The first-order valence-corrected chi connectivity index (χ1v) is 5.09. The molecule has 0 fully saturated rings. The lowest BCUT2D eigenvalue weighted by Crippen LogP contribution is -2.12. The van der Waals surface area contributed by atoms with Crippen LogP contribution in [0.15, 0.2) is 18.2 Å². The Kier molecular flexibility index (Phi) is 3.72. The van der Waals surface area contributed by atoms with Crippen molar-refractivity contribution in [3.63, 3.8) is 0 Å². The molecule has 1 aromatic rings. The Labute approximate surface area is 90.1 Å². The van der Waals surface area contributed by atoms with Gasteiger partial charge in [0.25, 0.3) is 0 Å². The summed E-state index contributed by atoms with van der Waals surface area (Å²) < 4.78 is 0. The van der Waals surface area contributed by atoms with Crippen LogP contribution in [0.5, 0.6) is 0 Å². The topological polar surface area (TPSA) is 49.3 Å². The minimum Gasteiger partial charge on any atom is -0.478 e. The summed E-state index contributed by atoms with van der Waals surface area (Å²) in [6.45, 7) is 6.87. The number of hydrogen-bond donors (Lipinski definition) is 2. The zero-order chi connectivity index (χ0) is 11.4. The molecule has 3 heteroatoms. The summed E-state index contributed by atoms with van der Waals surface area (Å²) in [5, 5.41) is 12.2. The van der Waals surface area contributed by atoms with E-state index in [0.717, 1.165) is 17.8 Å². The minimum absolute atomic E-state index is 0.343. The fourth-order valence-electron chi connectivity index (χ4n) is 1.39. The van der Waals surface area contributed by atoms with Gasteiger partial charge >= 0.3 is 5.97 Å². The average Bonchev–Trinajstić information content (AvgIpc) is 2.15. The summed E-state index contributed by atoms with van der Waals surface area (Å²) in [7, 11) is 0. The van der Waals surface area contributed by atoms with E-state index in [4.69, 9.17) is 5.11 Å². The third-order valence-corrected chi connectivity index (χ3v) is 2.19. The number of carboxylic acids is 1. The van der Waals surface area contributed by atoms with Gasteiger partial charge in [0.1, 0.15) is 0 Å². The maximum Gasteiger partial charge on any atom is 0.337 e. The molecule has 0 saturated carbocycles. The van der Waals surface area contributed by atoms with Crippen LogP contribution in [0.1, 0.15) is 29.8 Å². The number of carboxylic acid groups (broad SMARTS) is 1. The minimum atomic E-state index is -0.884. The number of para-hydroxylation sites is 1. The number of nitrogens with one attached hydrogen (secondary N) is 1. The quantitative estimate of drug-likeness (QED) is 0.798. The van der Waals surface area contributed by atoms with E-state index in [2.05, 4.69) is 19.2 Å². The van der Waals surface area contributed by atoms with Crippen LogP contribution in [0.25, 0.3) is 0 Å². The Morgan fingerprint density at radius 2 is 2.13 bits per heavy atom. The third-order valence-electron chi connectivity index (χ3n) is 2.19. The van der Waals surface area contributed by atoms with Gasteiger partial charge in [0.05, 0.1) is 11.3 Å². The van der Waals surface area contributed by atoms with Crippen molar-refractivity contribution in [2.45, 2.75) is 20.8 Å². The van der Waals surface area contributed by atoms with Gasteiger partial charge in [-0.2, -0.15) is 0 Å². The molecule has 0 amide bonds. The van der Waals surface area contributed by atoms with E-state index >= 15 is 0 Å². The fourth-order valence-corrected chi connectivity index (χ4v) is 1.39. The second kappa shape index (κ2) is 4.82. The van der Waals surface area contributed by atoms with Crippen LogP contribution < -0.4 is 5.32 Å². The first-order chi connectivity index (χ1) is 7.02. The molecule has 1 aromatic carbocycles. The highest BCUT2D eigenvalue weighted by molar-refractivity contribution is 5.95. The van der Waals surface area contributed by atoms with Crippen molar-refractivity contribution in [1.82, 2.24) is 0 Å². The molecule has 0 aliphatic carbocycles. The molecule has 0 aliphatic heterocycles. The molecule has 0 spiro atoms. The molecule has 0 unspecified atom stereocenters. The van der Waals surface area contributed by atoms with Crippen molar-refractivity contribution in [2.75, 3.05) is 11.9 Å². The number of carbonyl (C=O) groups is 1. The molecular weight excluding hydrogens is 190 g/mol. The molecule has 0 aromatic heterocycles. The number of aryl methyl sites for hydroxylation is 1. The number of rotatable bonds is 4. The summed E-state index contributed by atoms with van der Waals surface area (Å²) in [6.07, 6.45) is 0. The summed E-state index contributed by atoms with van der Waals surface area (Å²) in [5.74, 6) is -0.392. The molecule has 0 bridgehead atoms. The van der Waals surface area contributed by atoms with Crippen LogP contribution in [-0.4, -0.2) is 17.6 Å². The van der Waals surface area contributed by atoms with Crippen LogP contribution in [-0.2, 0) is 0 Å². The summed E-state index contributed by atoms with van der Waals surface area (Å²) >= 11 is 0. The standard InChI is InChI=1S/C12H17NO2/c1-8(2)7-13-11-9(3)5-4-6-10(11)12(14)15/h4-6,8,13H,7H2,1-3H3,(H,14,15). The zero-order valence-corrected chi connectivity index (χ0v) is 9.37. The van der Waals surface area contributed by atoms with Crippen LogP contribution >= 0.6 is 0 Å².